The Morgan fingerprint density at radius 1 is 0.263 bits per heavy atom. The maximum absolute atomic E-state index is 11.3. The van der Waals surface area contributed by atoms with Crippen LogP contribution in [0, 0.1) is 65.1 Å². The van der Waals surface area contributed by atoms with Crippen molar-refractivity contribution in [2.24, 2.45) is 65.1 Å². The monoisotopic (exact) mass is 1640 g/mol. The maximum Gasteiger partial charge on any atom is 0.155 e. The minimum atomic E-state index is -0.178. The molecule has 0 heterocycles. The summed E-state index contributed by atoms with van der Waals surface area (Å²) in [5, 5.41) is 47.2. The Morgan fingerprint density at radius 2 is 0.508 bits per heavy atom. The van der Waals surface area contributed by atoms with Gasteiger partial charge in [-0.25, -0.2) is 0 Å². The molecule has 0 spiro atoms. The number of rotatable bonds is 27. The van der Waals surface area contributed by atoms with E-state index in [0.29, 0.717) is 70.3 Å². The normalized spacial score (nSPS) is 27.3. The van der Waals surface area contributed by atoms with Crippen LogP contribution in [-0.2, 0) is 24.0 Å². The van der Waals surface area contributed by atoms with E-state index in [4.69, 9.17) is 0 Å². The van der Waals surface area contributed by atoms with Crippen LogP contribution < -0.4 is 0 Å². The summed E-state index contributed by atoms with van der Waals surface area (Å²) in [6.45, 7) is 45.3. The second kappa shape index (κ2) is 67.0. The fourth-order valence-electron chi connectivity index (χ4n) is 19.5. The van der Waals surface area contributed by atoms with Crippen molar-refractivity contribution < 1.29 is 49.5 Å². The Morgan fingerprint density at radius 3 is 0.814 bits per heavy atom. The van der Waals surface area contributed by atoms with Crippen LogP contribution in [0.2, 0.25) is 0 Å². The van der Waals surface area contributed by atoms with Crippen molar-refractivity contribution in [2.45, 2.75) is 471 Å². The van der Waals surface area contributed by atoms with Gasteiger partial charge < -0.3 is 25.5 Å². The van der Waals surface area contributed by atoms with Crippen molar-refractivity contribution in [1.82, 2.24) is 0 Å². The molecule has 10 rings (SSSR count). The third kappa shape index (κ3) is 57.8. The van der Waals surface area contributed by atoms with Gasteiger partial charge in [-0.1, -0.05) is 304 Å². The summed E-state index contributed by atoms with van der Waals surface area (Å²) in [5.74, 6) is 9.16. The molecular formula is C108H186O10. The Labute approximate surface area is 727 Å². The Kier molecular flexibility index (Phi) is 63.4. The van der Waals surface area contributed by atoms with Crippen LogP contribution in [0.15, 0.2) is 116 Å². The van der Waals surface area contributed by atoms with E-state index in [1.54, 1.807) is 12.2 Å². The highest BCUT2D eigenvalue weighted by atomic mass is 16.3. The molecular weight excluding hydrogens is 1460 g/mol. The number of carbonyl (C=O) groups is 5. The van der Waals surface area contributed by atoms with Gasteiger partial charge in [0, 0.05) is 32.1 Å². The van der Waals surface area contributed by atoms with Crippen LogP contribution in [0.5, 0.6) is 0 Å². The number of hydrogen-bond donors (Lipinski definition) is 5. The first-order chi connectivity index (χ1) is 56.1. The molecule has 0 aromatic rings. The van der Waals surface area contributed by atoms with Gasteiger partial charge in [0.2, 0.25) is 0 Å². The number of ketones is 5. The van der Waals surface area contributed by atoms with E-state index >= 15 is 0 Å². The van der Waals surface area contributed by atoms with Crippen molar-refractivity contribution in [3.63, 3.8) is 0 Å². The molecule has 5 N–H and O–H groups in total. The predicted octanol–water partition coefficient (Wildman–Crippen LogP) is 29.1. The lowest BCUT2D eigenvalue weighted by Gasteiger charge is -2.24. The van der Waals surface area contributed by atoms with Gasteiger partial charge in [0.1, 0.15) is 0 Å². The zero-order valence-corrected chi connectivity index (χ0v) is 80.3. The zero-order valence-electron chi connectivity index (χ0n) is 80.3. The van der Waals surface area contributed by atoms with Crippen molar-refractivity contribution in [2.75, 3.05) is 0 Å². The minimum Gasteiger partial charge on any atom is -0.389 e. The van der Waals surface area contributed by atoms with Crippen molar-refractivity contribution in [3.05, 3.63) is 116 Å². The van der Waals surface area contributed by atoms with Crippen molar-refractivity contribution in [3.8, 4) is 0 Å². The van der Waals surface area contributed by atoms with Gasteiger partial charge in [-0.3, -0.25) is 24.0 Å². The van der Waals surface area contributed by atoms with Gasteiger partial charge in [0.05, 0.1) is 30.5 Å². The fourth-order valence-corrected chi connectivity index (χ4v) is 19.5. The van der Waals surface area contributed by atoms with E-state index in [-0.39, 0.29) is 30.5 Å². The Balaban J connectivity index is 0.000000656. The maximum atomic E-state index is 11.3. The third-order valence-corrected chi connectivity index (χ3v) is 24.9. The topological polar surface area (TPSA) is 186 Å². The molecule has 0 saturated heterocycles. The second-order valence-electron chi connectivity index (χ2n) is 39.3. The lowest BCUT2D eigenvalue weighted by atomic mass is 9.84. The lowest BCUT2D eigenvalue weighted by Crippen LogP contribution is -2.17. The molecule has 0 saturated carbocycles. The lowest BCUT2D eigenvalue weighted by molar-refractivity contribution is -0.116. The molecule has 10 nitrogen and oxygen atoms in total. The SMILES string of the molecule is CC(C)CC1=CC(O)CC(C)C1.CCC1CC(=O)C=C(C)C1.CCC1CC(C)=CC(O)C1.CCCC1CC(=O)C=C(C)C1.CCCC1CC(C)=CC(O)C1.CCCCC1CC(=O)C=C(C)C1.CCCCC1CC(C)=CC(O)C1.CCCCCC1CC(=O)C=C(C)C1.CCCCCC1CC(C)=CC(O)C1.CCCCCCC1CC(=O)C=C(C)C1. The van der Waals surface area contributed by atoms with Gasteiger partial charge in [0.15, 0.2) is 28.9 Å². The number of unbranched alkanes of at least 4 members (excludes halogenated alkanes) is 9. The van der Waals surface area contributed by atoms with Crippen LogP contribution >= 0.6 is 0 Å². The first-order valence-electron chi connectivity index (χ1n) is 48.8. The smallest absolute Gasteiger partial charge is 0.155 e. The number of hydrogen-bond acceptors (Lipinski definition) is 10. The molecule has 678 valence electrons. The van der Waals surface area contributed by atoms with Gasteiger partial charge in [-0.2, -0.15) is 0 Å². The number of aliphatic hydroxyl groups excluding tert-OH is 5. The number of aliphatic hydroxyl groups is 5. The molecule has 15 unspecified atom stereocenters. The molecule has 0 fully saturated rings. The van der Waals surface area contributed by atoms with Crippen molar-refractivity contribution >= 4 is 28.9 Å². The molecule has 15 atom stereocenters. The minimum absolute atomic E-state index is 0.166. The van der Waals surface area contributed by atoms with E-state index in [2.05, 4.69) is 145 Å². The van der Waals surface area contributed by atoms with E-state index in [0.717, 1.165) is 133 Å². The highest BCUT2D eigenvalue weighted by Gasteiger charge is 2.26. The molecule has 10 heteroatoms. The first-order valence-corrected chi connectivity index (χ1v) is 48.8. The van der Waals surface area contributed by atoms with Gasteiger partial charge in [0.25, 0.3) is 0 Å². The number of carbonyl (C=O) groups excluding carboxylic acids is 5. The molecule has 10 aliphatic carbocycles. The van der Waals surface area contributed by atoms with Crippen LogP contribution in [0.1, 0.15) is 441 Å². The second-order valence-corrected chi connectivity index (χ2v) is 39.3. The summed E-state index contributed by atoms with van der Waals surface area (Å²) in [6.07, 6.45) is 71.6. The average molecular weight is 1640 g/mol. The molecule has 0 aliphatic heterocycles. The third-order valence-electron chi connectivity index (χ3n) is 24.9. The molecule has 0 aromatic carbocycles. The summed E-state index contributed by atoms with van der Waals surface area (Å²) in [6, 6.07) is 0. The molecule has 0 aromatic heterocycles. The van der Waals surface area contributed by atoms with E-state index in [1.807, 2.05) is 49.5 Å². The quantitative estimate of drug-likeness (QED) is 0.0391. The summed E-state index contributed by atoms with van der Waals surface area (Å²) < 4.78 is 0. The van der Waals surface area contributed by atoms with Gasteiger partial charge in [-0.15, -0.1) is 0 Å². The summed E-state index contributed by atoms with van der Waals surface area (Å²) in [4.78, 5) is 55.8. The molecule has 118 heavy (non-hydrogen) atoms. The summed E-state index contributed by atoms with van der Waals surface area (Å²) in [7, 11) is 0. The fraction of sp³-hybridized carbons (Fsp3) is 0.769. The Hall–Kier alpha value is -4.45. The first kappa shape index (κ1) is 112. The summed E-state index contributed by atoms with van der Waals surface area (Å²) >= 11 is 0. The number of allylic oxidation sites excluding steroid dienone is 15. The predicted molar refractivity (Wildman–Crippen MR) is 506 cm³/mol. The van der Waals surface area contributed by atoms with E-state index in [9.17, 15) is 49.5 Å². The highest BCUT2D eigenvalue weighted by molar-refractivity contribution is 5.93. The largest absolute Gasteiger partial charge is 0.389 e. The van der Waals surface area contributed by atoms with Crippen LogP contribution in [-0.4, -0.2) is 85.0 Å². The molecule has 0 amide bonds. The molecule has 0 bridgehead atoms. The van der Waals surface area contributed by atoms with Crippen LogP contribution in [0.4, 0.5) is 0 Å². The molecule has 0 radical (unpaired) electrons. The van der Waals surface area contributed by atoms with Crippen LogP contribution in [0.25, 0.3) is 0 Å². The van der Waals surface area contributed by atoms with Crippen molar-refractivity contribution in [1.29, 1.82) is 0 Å². The summed E-state index contributed by atoms with van der Waals surface area (Å²) in [5.41, 5.74) is 13.3. The van der Waals surface area contributed by atoms with E-state index < -0.39 is 0 Å². The van der Waals surface area contributed by atoms with Gasteiger partial charge in [-0.05, 0) is 286 Å². The highest BCUT2D eigenvalue weighted by Crippen LogP contribution is 2.35. The standard InChI is InChI=1S/C13H22O.C12H22O.C12H20O.2C11H20O.C11H18O.C10H18O.C10H16O.C9H16O.C9H14O/c1-3-4-5-6-7-12-8-11(2)9-13(14)10-12;2*1-3-4-5-6-11-7-10(2)8-12(13)9-11;1-8(2)4-10-5-9(3)6-11(12)7-10;2*1-3-4-5-10-6-9(2)7-11(12)8-10;2*1-3-4-9-5-8(2)6-10(11)7-9;2*1-3-8-4-7(2)5-9(10)6-8/h9,12H,3-8,10H2,1-2H3;8,11-13H,3-7,9H2,1-2H3;8,11H,3-7,9H2,1-2H3;7-9,11-12H,4-6H2,1-3H3;7,10-12H,3-6,8H2,1-2H3;7,10H,3-6,8H2,1-2H3;6,9-11H,3-5,7H2,1-2H3;6,9H,3-5,7H2,1-2H3;5,8-10H,3-4,6H2,1-2H3;5,8H,3-4,6H2,1-2H3. The zero-order chi connectivity index (χ0) is 88.5. The van der Waals surface area contributed by atoms with Crippen LogP contribution in [0.3, 0.4) is 0 Å². The Bertz CT molecular complexity index is 3100. The molecule has 10 aliphatic rings. The van der Waals surface area contributed by atoms with E-state index in [1.165, 1.54) is 242 Å². The average Bonchev–Trinajstić information content (AvgIpc) is 0.911. The van der Waals surface area contributed by atoms with Gasteiger partial charge >= 0.3 is 0 Å².